The van der Waals surface area contributed by atoms with Gasteiger partial charge in [-0.3, -0.25) is 10.00 Å². The van der Waals surface area contributed by atoms with Gasteiger partial charge in [-0.2, -0.15) is 22.0 Å². The van der Waals surface area contributed by atoms with Gasteiger partial charge in [0.1, 0.15) is 0 Å². The molecule has 4 rings (SSSR count). The van der Waals surface area contributed by atoms with E-state index in [9.17, 15) is 8.42 Å². The van der Waals surface area contributed by atoms with Crippen molar-refractivity contribution in [1.29, 1.82) is 0 Å². The van der Waals surface area contributed by atoms with E-state index in [0.29, 0.717) is 61.6 Å². The molecule has 0 amide bonds. The van der Waals surface area contributed by atoms with E-state index in [-0.39, 0.29) is 12.2 Å². The highest BCUT2D eigenvalue weighted by atomic mass is 35.5. The zero-order valence-corrected chi connectivity index (χ0v) is 20.0. The number of H-pyrrole nitrogens is 1. The number of piperazine rings is 1. The van der Waals surface area contributed by atoms with Crippen molar-refractivity contribution in [3.63, 3.8) is 0 Å². The summed E-state index contributed by atoms with van der Waals surface area (Å²) in [7, 11) is -3.49. The third kappa shape index (κ3) is 5.19. The van der Waals surface area contributed by atoms with Gasteiger partial charge in [0.25, 0.3) is 10.2 Å². The Morgan fingerprint density at radius 1 is 1.10 bits per heavy atom. The van der Waals surface area contributed by atoms with Crippen LogP contribution in [0.1, 0.15) is 13.8 Å². The smallest absolute Gasteiger partial charge is 0.282 e. The van der Waals surface area contributed by atoms with Crippen molar-refractivity contribution in [2.45, 2.75) is 32.7 Å². The van der Waals surface area contributed by atoms with Crippen LogP contribution in [0, 0.1) is 4.77 Å². The molecule has 0 bridgehead atoms. The minimum absolute atomic E-state index is 0.100. The molecule has 1 aromatic heterocycles. The summed E-state index contributed by atoms with van der Waals surface area (Å²) in [5.41, 5.74) is 0.902. The van der Waals surface area contributed by atoms with Crippen LogP contribution >= 0.6 is 23.8 Å². The highest BCUT2D eigenvalue weighted by Crippen LogP contribution is 2.20. The van der Waals surface area contributed by atoms with E-state index >= 15 is 0 Å². The normalized spacial score (nSPS) is 24.5. The van der Waals surface area contributed by atoms with E-state index < -0.39 is 10.2 Å². The molecule has 31 heavy (non-hydrogen) atoms. The number of aromatic amines is 1. The average Bonchev–Trinajstić information content (AvgIpc) is 3.08. The second-order valence-electron chi connectivity index (χ2n) is 8.03. The van der Waals surface area contributed by atoms with Crippen LogP contribution in [0.4, 0.5) is 0 Å². The van der Waals surface area contributed by atoms with Gasteiger partial charge >= 0.3 is 0 Å². The Bertz CT molecular complexity index is 1050. The Kier molecular flexibility index (Phi) is 6.82. The highest BCUT2D eigenvalue weighted by molar-refractivity contribution is 7.86. The fourth-order valence-corrected chi connectivity index (χ4v) is 6.04. The van der Waals surface area contributed by atoms with Crippen molar-refractivity contribution in [2.75, 3.05) is 39.3 Å². The van der Waals surface area contributed by atoms with Crippen molar-refractivity contribution in [3.05, 3.63) is 34.1 Å². The minimum atomic E-state index is -3.49. The first-order valence-electron chi connectivity index (χ1n) is 10.3. The van der Waals surface area contributed by atoms with Gasteiger partial charge in [-0.25, -0.2) is 4.68 Å². The standard InChI is InChI=1S/C19H27ClN6O3S2/c1-14-11-25(12-15(2)29-14)31(27,28)24-9-7-23(8-10-24)13-26-19(30)21-18(22-26)16-3-5-17(20)6-4-16/h3-6,14-15H,7-13H2,1-2H3,(H,21,22,30). The van der Waals surface area contributed by atoms with Crippen LogP contribution in [0.3, 0.4) is 0 Å². The SMILES string of the molecule is CC1CN(S(=O)(=O)N2CCN(Cn3[nH]c(-c4ccc(Cl)cc4)nc3=S)CC2)CC(C)O1. The second-order valence-corrected chi connectivity index (χ2v) is 10.8. The molecule has 0 radical (unpaired) electrons. The predicted octanol–water partition coefficient (Wildman–Crippen LogP) is 2.19. The van der Waals surface area contributed by atoms with Gasteiger partial charge in [-0.15, -0.1) is 0 Å². The first-order chi connectivity index (χ1) is 14.7. The van der Waals surface area contributed by atoms with Crippen molar-refractivity contribution >= 4 is 34.0 Å². The van der Waals surface area contributed by atoms with Crippen LogP contribution in [-0.4, -0.2) is 88.2 Å². The van der Waals surface area contributed by atoms with Crippen molar-refractivity contribution < 1.29 is 13.2 Å². The van der Waals surface area contributed by atoms with Crippen LogP contribution in [0.2, 0.25) is 5.02 Å². The summed E-state index contributed by atoms with van der Waals surface area (Å²) in [6.45, 7) is 7.23. The lowest BCUT2D eigenvalue weighted by molar-refractivity contribution is -0.0458. The number of ether oxygens (including phenoxy) is 1. The third-order valence-electron chi connectivity index (χ3n) is 5.51. The lowest BCUT2D eigenvalue weighted by Crippen LogP contribution is -2.57. The van der Waals surface area contributed by atoms with Crippen LogP contribution in [-0.2, 0) is 21.6 Å². The number of morpholine rings is 1. The Hall–Kier alpha value is -1.34. The summed E-state index contributed by atoms with van der Waals surface area (Å²) >= 11 is 11.4. The summed E-state index contributed by atoms with van der Waals surface area (Å²) in [4.78, 5) is 6.60. The maximum atomic E-state index is 13.1. The van der Waals surface area contributed by atoms with E-state index in [1.807, 2.05) is 38.1 Å². The Balaban J connectivity index is 1.37. The maximum Gasteiger partial charge on any atom is 0.282 e. The Morgan fingerprint density at radius 2 is 1.71 bits per heavy atom. The average molecular weight is 487 g/mol. The van der Waals surface area contributed by atoms with Gasteiger partial charge in [0.05, 0.1) is 18.9 Å². The fourth-order valence-electron chi connectivity index (χ4n) is 3.97. The zero-order chi connectivity index (χ0) is 22.2. The van der Waals surface area contributed by atoms with Crippen molar-refractivity contribution in [2.24, 2.45) is 0 Å². The quantitative estimate of drug-likeness (QED) is 0.652. The maximum absolute atomic E-state index is 13.1. The van der Waals surface area contributed by atoms with E-state index in [1.54, 1.807) is 13.3 Å². The Labute approximate surface area is 192 Å². The van der Waals surface area contributed by atoms with E-state index in [1.165, 1.54) is 0 Å². The number of benzene rings is 1. The van der Waals surface area contributed by atoms with E-state index in [4.69, 9.17) is 28.6 Å². The largest absolute Gasteiger partial charge is 0.373 e. The summed E-state index contributed by atoms with van der Waals surface area (Å²) in [6, 6.07) is 7.39. The zero-order valence-electron chi connectivity index (χ0n) is 17.6. The van der Waals surface area contributed by atoms with Gasteiger partial charge in [-0.1, -0.05) is 11.6 Å². The molecular formula is C19H27ClN6O3S2. The molecule has 1 aromatic carbocycles. The molecule has 1 N–H and O–H groups in total. The van der Waals surface area contributed by atoms with Crippen molar-refractivity contribution in [3.8, 4) is 11.4 Å². The fraction of sp³-hybridized carbons (Fsp3) is 0.579. The molecule has 2 unspecified atom stereocenters. The molecular weight excluding hydrogens is 460 g/mol. The molecule has 0 saturated carbocycles. The van der Waals surface area contributed by atoms with Crippen LogP contribution in [0.5, 0.6) is 0 Å². The van der Waals surface area contributed by atoms with Gasteiger partial charge < -0.3 is 4.74 Å². The van der Waals surface area contributed by atoms with Crippen LogP contribution in [0.15, 0.2) is 24.3 Å². The topological polar surface area (TPSA) is 86.7 Å². The molecule has 0 spiro atoms. The minimum Gasteiger partial charge on any atom is -0.373 e. The summed E-state index contributed by atoms with van der Waals surface area (Å²) in [5.74, 6) is 0.679. The molecule has 2 aliphatic rings. The number of rotatable bonds is 5. The monoisotopic (exact) mass is 486 g/mol. The summed E-state index contributed by atoms with van der Waals surface area (Å²) < 4.78 is 37.2. The van der Waals surface area contributed by atoms with Gasteiger partial charge in [0.15, 0.2) is 5.82 Å². The molecule has 0 aliphatic carbocycles. The summed E-state index contributed by atoms with van der Waals surface area (Å²) in [6.07, 6.45) is -0.200. The number of aromatic nitrogens is 3. The molecule has 2 aromatic rings. The first-order valence-corrected chi connectivity index (χ1v) is 12.5. The molecule has 12 heteroatoms. The molecule has 2 fully saturated rings. The van der Waals surface area contributed by atoms with Gasteiger partial charge in [0.2, 0.25) is 4.77 Å². The predicted molar refractivity (Wildman–Crippen MR) is 122 cm³/mol. The first kappa shape index (κ1) is 22.8. The van der Waals surface area contributed by atoms with Crippen molar-refractivity contribution in [1.82, 2.24) is 28.3 Å². The molecule has 3 heterocycles. The van der Waals surface area contributed by atoms with Crippen LogP contribution in [0.25, 0.3) is 11.4 Å². The molecule has 9 nitrogen and oxygen atoms in total. The van der Waals surface area contributed by atoms with E-state index in [0.717, 1.165) is 5.56 Å². The lowest BCUT2D eigenvalue weighted by atomic mass is 10.2. The number of hydrogen-bond donors (Lipinski definition) is 1. The number of nitrogens with zero attached hydrogens (tertiary/aromatic N) is 5. The molecule has 2 aliphatic heterocycles. The highest BCUT2D eigenvalue weighted by Gasteiger charge is 2.36. The van der Waals surface area contributed by atoms with Gasteiger partial charge in [-0.05, 0) is 50.3 Å². The lowest BCUT2D eigenvalue weighted by Gasteiger charge is -2.40. The number of halogens is 1. The second kappa shape index (κ2) is 9.26. The van der Waals surface area contributed by atoms with Gasteiger partial charge in [0, 0.05) is 49.9 Å². The Morgan fingerprint density at radius 3 is 2.32 bits per heavy atom. The molecule has 2 saturated heterocycles. The molecule has 170 valence electrons. The number of nitrogens with one attached hydrogen (secondary N) is 1. The number of hydrogen-bond acceptors (Lipinski definition) is 6. The van der Waals surface area contributed by atoms with Crippen LogP contribution < -0.4 is 0 Å². The third-order valence-corrected chi connectivity index (χ3v) is 8.04. The summed E-state index contributed by atoms with van der Waals surface area (Å²) in [5, 5.41) is 3.89. The van der Waals surface area contributed by atoms with E-state index in [2.05, 4.69) is 15.0 Å². The molecule has 2 atom stereocenters.